The molecule has 2 aliphatic rings. The van der Waals surface area contributed by atoms with E-state index in [9.17, 15) is 9.90 Å². The zero-order chi connectivity index (χ0) is 14.1. The number of fused-ring (bicyclic) bond motifs is 1. The highest BCUT2D eigenvalue weighted by molar-refractivity contribution is 9.10. The fraction of sp³-hybridized carbons (Fsp3) is 0.400. The van der Waals surface area contributed by atoms with E-state index >= 15 is 0 Å². The Morgan fingerprint density at radius 1 is 1.50 bits per heavy atom. The van der Waals surface area contributed by atoms with Gasteiger partial charge in [-0.2, -0.15) is 0 Å². The second-order valence-corrected chi connectivity index (χ2v) is 6.03. The van der Waals surface area contributed by atoms with Crippen molar-refractivity contribution in [2.75, 3.05) is 19.8 Å². The maximum atomic E-state index is 12.5. The highest BCUT2D eigenvalue weighted by atomic mass is 79.9. The first-order valence-electron chi connectivity index (χ1n) is 6.74. The molecule has 2 aliphatic heterocycles. The lowest BCUT2D eigenvalue weighted by atomic mass is 10.1. The van der Waals surface area contributed by atoms with E-state index in [1.807, 2.05) is 24.3 Å². The van der Waals surface area contributed by atoms with Gasteiger partial charge in [0.1, 0.15) is 12.4 Å². The molecule has 1 aromatic rings. The van der Waals surface area contributed by atoms with E-state index in [0.29, 0.717) is 18.7 Å². The summed E-state index contributed by atoms with van der Waals surface area (Å²) in [6, 6.07) is 5.70. The molecule has 1 aromatic carbocycles. The third-order valence-corrected chi connectivity index (χ3v) is 4.30. The molecule has 0 spiro atoms. The molecule has 1 atom stereocenters. The van der Waals surface area contributed by atoms with E-state index in [1.54, 1.807) is 4.90 Å². The SMILES string of the molecule is O=C(C1=Cc2cc(Br)ccc2OC1)N1CCC[C@H]1CO. The van der Waals surface area contributed by atoms with Crippen molar-refractivity contribution in [1.82, 2.24) is 4.90 Å². The third kappa shape index (κ3) is 2.47. The summed E-state index contributed by atoms with van der Waals surface area (Å²) in [5.41, 5.74) is 1.56. The van der Waals surface area contributed by atoms with Gasteiger partial charge in [-0.3, -0.25) is 4.79 Å². The van der Waals surface area contributed by atoms with Gasteiger partial charge in [-0.05, 0) is 37.1 Å². The number of likely N-dealkylation sites (tertiary alicyclic amines) is 1. The second kappa shape index (κ2) is 5.58. The largest absolute Gasteiger partial charge is 0.488 e. The van der Waals surface area contributed by atoms with Gasteiger partial charge in [0.15, 0.2) is 0 Å². The van der Waals surface area contributed by atoms with Crippen molar-refractivity contribution in [2.24, 2.45) is 0 Å². The first-order chi connectivity index (χ1) is 9.69. The molecule has 0 saturated carbocycles. The molecule has 0 bridgehead atoms. The number of nitrogens with zero attached hydrogens (tertiary/aromatic N) is 1. The number of benzene rings is 1. The quantitative estimate of drug-likeness (QED) is 0.900. The highest BCUT2D eigenvalue weighted by Gasteiger charge is 2.31. The van der Waals surface area contributed by atoms with Gasteiger partial charge in [0.25, 0.3) is 5.91 Å². The molecular formula is C15H16BrNO3. The minimum absolute atomic E-state index is 0.0211. The zero-order valence-electron chi connectivity index (χ0n) is 11.0. The molecule has 2 heterocycles. The van der Waals surface area contributed by atoms with Crippen LogP contribution >= 0.6 is 15.9 Å². The summed E-state index contributed by atoms with van der Waals surface area (Å²) < 4.78 is 6.60. The van der Waals surface area contributed by atoms with Crippen LogP contribution in [0.2, 0.25) is 0 Å². The van der Waals surface area contributed by atoms with Gasteiger partial charge in [-0.15, -0.1) is 0 Å². The van der Waals surface area contributed by atoms with Gasteiger partial charge >= 0.3 is 0 Å². The molecular weight excluding hydrogens is 322 g/mol. The molecule has 4 nitrogen and oxygen atoms in total. The average Bonchev–Trinajstić information content (AvgIpc) is 2.94. The topological polar surface area (TPSA) is 49.8 Å². The van der Waals surface area contributed by atoms with Crippen molar-refractivity contribution in [2.45, 2.75) is 18.9 Å². The van der Waals surface area contributed by atoms with E-state index in [1.165, 1.54) is 0 Å². The van der Waals surface area contributed by atoms with Gasteiger partial charge in [0, 0.05) is 16.6 Å². The number of carbonyl (C=O) groups is 1. The van der Waals surface area contributed by atoms with Crippen LogP contribution in [0, 0.1) is 0 Å². The van der Waals surface area contributed by atoms with Crippen LogP contribution in [-0.4, -0.2) is 41.7 Å². The van der Waals surface area contributed by atoms with Crippen molar-refractivity contribution in [3.05, 3.63) is 33.8 Å². The predicted octanol–water partition coefficient (Wildman–Crippen LogP) is 2.21. The maximum absolute atomic E-state index is 12.5. The van der Waals surface area contributed by atoms with Gasteiger partial charge in [-0.25, -0.2) is 0 Å². The van der Waals surface area contributed by atoms with Gasteiger partial charge in [0.2, 0.25) is 0 Å². The van der Waals surface area contributed by atoms with Crippen molar-refractivity contribution >= 4 is 27.9 Å². The smallest absolute Gasteiger partial charge is 0.253 e. The Balaban J connectivity index is 1.86. The summed E-state index contributed by atoms with van der Waals surface area (Å²) >= 11 is 3.42. The summed E-state index contributed by atoms with van der Waals surface area (Å²) in [5.74, 6) is 0.775. The minimum atomic E-state index is -0.0488. The maximum Gasteiger partial charge on any atom is 0.253 e. The van der Waals surface area contributed by atoms with E-state index < -0.39 is 0 Å². The predicted molar refractivity (Wildman–Crippen MR) is 79.4 cm³/mol. The van der Waals surface area contributed by atoms with Crippen molar-refractivity contribution < 1.29 is 14.6 Å². The molecule has 0 aromatic heterocycles. The second-order valence-electron chi connectivity index (χ2n) is 5.12. The number of amides is 1. The molecule has 1 saturated heterocycles. The molecule has 1 amide bonds. The standard InChI is InChI=1S/C15H16BrNO3/c16-12-3-4-14-10(7-12)6-11(9-20-14)15(19)17-5-1-2-13(17)8-18/h3-4,6-7,13,18H,1-2,5,8-9H2/t13-/m0/s1. The van der Waals surface area contributed by atoms with Crippen LogP contribution in [-0.2, 0) is 4.79 Å². The number of halogens is 1. The number of aliphatic hydroxyl groups excluding tert-OH is 1. The first kappa shape index (κ1) is 13.6. The number of aliphatic hydroxyl groups is 1. The van der Waals surface area contributed by atoms with Crippen LogP contribution in [0.15, 0.2) is 28.2 Å². The number of carbonyl (C=O) groups excluding carboxylic acids is 1. The van der Waals surface area contributed by atoms with Crippen LogP contribution in [0.1, 0.15) is 18.4 Å². The number of ether oxygens (including phenoxy) is 1. The van der Waals surface area contributed by atoms with Crippen LogP contribution in [0.5, 0.6) is 5.75 Å². The molecule has 5 heteroatoms. The summed E-state index contributed by atoms with van der Waals surface area (Å²) in [4.78, 5) is 14.3. The Kier molecular flexibility index (Phi) is 3.81. The lowest BCUT2D eigenvalue weighted by Crippen LogP contribution is -2.39. The Morgan fingerprint density at radius 3 is 3.15 bits per heavy atom. The van der Waals surface area contributed by atoms with E-state index in [4.69, 9.17) is 4.74 Å². The molecule has 106 valence electrons. The molecule has 1 N–H and O–H groups in total. The Labute approximate surface area is 126 Å². The summed E-state index contributed by atoms with van der Waals surface area (Å²) in [6.45, 7) is 1.04. The molecule has 1 fully saturated rings. The molecule has 0 aliphatic carbocycles. The van der Waals surface area contributed by atoms with Gasteiger partial charge in [0.05, 0.1) is 18.2 Å². The highest BCUT2D eigenvalue weighted by Crippen LogP contribution is 2.30. The lowest BCUT2D eigenvalue weighted by molar-refractivity contribution is -0.128. The Bertz CT molecular complexity index is 570. The minimum Gasteiger partial charge on any atom is -0.488 e. The number of hydrogen-bond donors (Lipinski definition) is 1. The van der Waals surface area contributed by atoms with E-state index in [-0.39, 0.29) is 18.6 Å². The summed E-state index contributed by atoms with van der Waals surface area (Å²) in [7, 11) is 0. The number of hydrogen-bond acceptors (Lipinski definition) is 3. The normalized spacial score (nSPS) is 21.2. The lowest BCUT2D eigenvalue weighted by Gasteiger charge is -2.26. The zero-order valence-corrected chi connectivity index (χ0v) is 12.6. The van der Waals surface area contributed by atoms with Gasteiger partial charge in [-0.1, -0.05) is 15.9 Å². The Morgan fingerprint density at radius 2 is 2.35 bits per heavy atom. The fourth-order valence-corrected chi connectivity index (χ4v) is 3.13. The van der Waals surface area contributed by atoms with Gasteiger partial charge < -0.3 is 14.7 Å². The van der Waals surface area contributed by atoms with Crippen molar-refractivity contribution in [3.63, 3.8) is 0 Å². The third-order valence-electron chi connectivity index (χ3n) is 3.81. The van der Waals surface area contributed by atoms with Crippen molar-refractivity contribution in [1.29, 1.82) is 0 Å². The molecule has 3 rings (SSSR count). The van der Waals surface area contributed by atoms with Crippen LogP contribution in [0.4, 0.5) is 0 Å². The fourth-order valence-electron chi connectivity index (χ4n) is 2.75. The monoisotopic (exact) mass is 337 g/mol. The van der Waals surface area contributed by atoms with Crippen LogP contribution in [0.25, 0.3) is 6.08 Å². The molecule has 0 unspecified atom stereocenters. The molecule has 20 heavy (non-hydrogen) atoms. The van der Waals surface area contributed by atoms with E-state index in [2.05, 4.69) is 15.9 Å². The van der Waals surface area contributed by atoms with Crippen LogP contribution in [0.3, 0.4) is 0 Å². The summed E-state index contributed by atoms with van der Waals surface area (Å²) in [5, 5.41) is 9.33. The number of rotatable bonds is 2. The Hall–Kier alpha value is -1.33. The average molecular weight is 338 g/mol. The summed E-state index contributed by atoms with van der Waals surface area (Å²) in [6.07, 6.45) is 3.71. The van der Waals surface area contributed by atoms with Crippen molar-refractivity contribution in [3.8, 4) is 5.75 Å². The first-order valence-corrected chi connectivity index (χ1v) is 7.53. The van der Waals surface area contributed by atoms with Crippen LogP contribution < -0.4 is 4.74 Å². The molecule has 0 radical (unpaired) electrons. The van der Waals surface area contributed by atoms with E-state index in [0.717, 1.165) is 28.6 Å².